The Bertz CT molecular complexity index is 1000. The van der Waals surface area contributed by atoms with Gasteiger partial charge in [0.05, 0.1) is 5.02 Å². The number of alkyl carbamates (subject to hydrolysis) is 1. The van der Waals surface area contributed by atoms with E-state index in [0.29, 0.717) is 10.9 Å². The predicted molar refractivity (Wildman–Crippen MR) is 111 cm³/mol. The summed E-state index contributed by atoms with van der Waals surface area (Å²) in [7, 11) is 0. The summed E-state index contributed by atoms with van der Waals surface area (Å²) in [6.07, 6.45) is -0.727. The number of ether oxygens (including phenoxy) is 2. The van der Waals surface area contributed by atoms with E-state index in [9.17, 15) is 14.4 Å². The molecule has 0 aliphatic carbocycles. The summed E-state index contributed by atoms with van der Waals surface area (Å²) in [5, 5.41) is 3.36. The Morgan fingerprint density at radius 2 is 1.76 bits per heavy atom. The lowest BCUT2D eigenvalue weighted by molar-refractivity contribution is -0.137. The van der Waals surface area contributed by atoms with Crippen LogP contribution in [0.15, 0.2) is 21.3 Å². The van der Waals surface area contributed by atoms with Crippen molar-refractivity contribution >= 4 is 34.6 Å². The smallest absolute Gasteiger partial charge is 0.408 e. The molecule has 1 amide bonds. The molecule has 158 valence electrons. The van der Waals surface area contributed by atoms with Crippen LogP contribution >= 0.6 is 11.6 Å². The molecule has 1 unspecified atom stereocenters. The first-order chi connectivity index (χ1) is 13.3. The standard InChI is InChI=1S/C21H26ClNO6/c1-10(2)17(23-20(26)29-21(5,6)7)19(25)28-16-9-15-13(8-14(16)22)11(3)12(4)18(24)27-15/h8-10,17H,1-7H3,(H,23,26). The molecule has 0 aliphatic rings. The molecule has 1 aromatic heterocycles. The van der Waals surface area contributed by atoms with Crippen LogP contribution in [0.1, 0.15) is 45.7 Å². The lowest BCUT2D eigenvalue weighted by atomic mass is 10.0. The highest BCUT2D eigenvalue weighted by Crippen LogP contribution is 2.32. The van der Waals surface area contributed by atoms with Gasteiger partial charge >= 0.3 is 17.7 Å². The fraction of sp³-hybridized carbons (Fsp3) is 0.476. The van der Waals surface area contributed by atoms with E-state index in [4.69, 9.17) is 25.5 Å². The second-order valence-electron chi connectivity index (χ2n) is 8.21. The van der Waals surface area contributed by atoms with Crippen molar-refractivity contribution in [1.82, 2.24) is 5.32 Å². The summed E-state index contributed by atoms with van der Waals surface area (Å²) in [5.41, 5.74) is 0.306. The summed E-state index contributed by atoms with van der Waals surface area (Å²) in [4.78, 5) is 36.7. The number of nitrogens with one attached hydrogen (secondary N) is 1. The molecule has 8 heteroatoms. The molecule has 0 saturated carbocycles. The van der Waals surface area contributed by atoms with Crippen molar-refractivity contribution in [3.8, 4) is 5.75 Å². The number of hydrogen-bond donors (Lipinski definition) is 1. The van der Waals surface area contributed by atoms with Crippen LogP contribution in [0.4, 0.5) is 4.79 Å². The molecule has 0 bridgehead atoms. The van der Waals surface area contributed by atoms with Crippen molar-refractivity contribution < 1.29 is 23.5 Å². The number of hydrogen-bond acceptors (Lipinski definition) is 6. The number of amides is 1. The van der Waals surface area contributed by atoms with Crippen LogP contribution in [0.5, 0.6) is 5.75 Å². The lowest BCUT2D eigenvalue weighted by Gasteiger charge is -2.24. The molecule has 0 radical (unpaired) electrons. The van der Waals surface area contributed by atoms with Crippen molar-refractivity contribution in [3.63, 3.8) is 0 Å². The minimum atomic E-state index is -0.955. The summed E-state index contributed by atoms with van der Waals surface area (Å²) in [6.45, 7) is 12.1. The van der Waals surface area contributed by atoms with E-state index >= 15 is 0 Å². The highest BCUT2D eigenvalue weighted by atomic mass is 35.5. The van der Waals surface area contributed by atoms with Gasteiger partial charge in [-0.1, -0.05) is 25.4 Å². The van der Waals surface area contributed by atoms with E-state index in [1.54, 1.807) is 54.5 Å². The van der Waals surface area contributed by atoms with Crippen LogP contribution in [0, 0.1) is 19.8 Å². The molecule has 1 N–H and O–H groups in total. The molecule has 29 heavy (non-hydrogen) atoms. The van der Waals surface area contributed by atoms with E-state index in [-0.39, 0.29) is 22.3 Å². The highest BCUT2D eigenvalue weighted by molar-refractivity contribution is 6.33. The quantitative estimate of drug-likeness (QED) is 0.441. The first-order valence-electron chi connectivity index (χ1n) is 9.25. The lowest BCUT2D eigenvalue weighted by Crippen LogP contribution is -2.48. The number of carbonyl (C=O) groups excluding carboxylic acids is 2. The van der Waals surface area contributed by atoms with Crippen LogP contribution in [-0.2, 0) is 9.53 Å². The van der Waals surface area contributed by atoms with Crippen LogP contribution in [0.3, 0.4) is 0 Å². The third-order valence-corrected chi connectivity index (χ3v) is 4.61. The number of esters is 1. The zero-order valence-corrected chi connectivity index (χ0v) is 18.4. The van der Waals surface area contributed by atoms with Gasteiger partial charge in [0.1, 0.15) is 17.2 Å². The number of benzene rings is 1. The van der Waals surface area contributed by atoms with Gasteiger partial charge < -0.3 is 19.2 Å². The van der Waals surface area contributed by atoms with Crippen molar-refractivity contribution in [1.29, 1.82) is 0 Å². The molecular weight excluding hydrogens is 398 g/mol. The Hall–Kier alpha value is -2.54. The topological polar surface area (TPSA) is 94.8 Å². The number of rotatable bonds is 4. The fourth-order valence-electron chi connectivity index (χ4n) is 2.63. The second kappa shape index (κ2) is 8.45. The zero-order valence-electron chi connectivity index (χ0n) is 17.6. The molecule has 0 fully saturated rings. The Morgan fingerprint density at radius 1 is 1.14 bits per heavy atom. The minimum Gasteiger partial charge on any atom is -0.444 e. The third kappa shape index (κ3) is 5.50. The molecule has 2 rings (SSSR count). The van der Waals surface area contributed by atoms with Gasteiger partial charge in [-0.25, -0.2) is 14.4 Å². The molecule has 1 heterocycles. The first-order valence-corrected chi connectivity index (χ1v) is 9.62. The van der Waals surface area contributed by atoms with Gasteiger partial charge in [0.15, 0.2) is 5.75 Å². The van der Waals surface area contributed by atoms with Gasteiger partial charge in [-0.05, 0) is 52.2 Å². The van der Waals surface area contributed by atoms with Crippen LogP contribution in [0.25, 0.3) is 11.0 Å². The van der Waals surface area contributed by atoms with E-state index < -0.39 is 29.3 Å². The molecular formula is C21H26ClNO6. The zero-order chi connectivity index (χ0) is 22.1. The minimum absolute atomic E-state index is 0.0345. The Kier molecular flexibility index (Phi) is 6.63. The number of fused-ring (bicyclic) bond motifs is 1. The molecule has 0 saturated heterocycles. The average molecular weight is 424 g/mol. The summed E-state index contributed by atoms with van der Waals surface area (Å²) >= 11 is 6.28. The van der Waals surface area contributed by atoms with Crippen molar-refractivity contribution in [2.45, 2.75) is 60.1 Å². The third-order valence-electron chi connectivity index (χ3n) is 4.31. The largest absolute Gasteiger partial charge is 0.444 e. The SMILES string of the molecule is Cc1c(C)c2cc(Cl)c(OC(=O)C(NC(=O)OC(C)(C)C)C(C)C)cc2oc1=O. The maximum atomic E-state index is 12.7. The Labute approximate surface area is 174 Å². The number of carbonyl (C=O) groups is 2. The van der Waals surface area contributed by atoms with E-state index in [1.165, 1.54) is 6.07 Å². The molecule has 0 spiro atoms. The van der Waals surface area contributed by atoms with E-state index in [1.807, 2.05) is 0 Å². The van der Waals surface area contributed by atoms with Gasteiger partial charge in [-0.2, -0.15) is 0 Å². The van der Waals surface area contributed by atoms with E-state index in [0.717, 1.165) is 5.56 Å². The summed E-state index contributed by atoms with van der Waals surface area (Å²) in [6, 6.07) is 2.02. The molecule has 1 aromatic carbocycles. The normalized spacial score (nSPS) is 12.7. The van der Waals surface area contributed by atoms with Crippen molar-refractivity contribution in [2.75, 3.05) is 0 Å². The molecule has 2 aromatic rings. The van der Waals surface area contributed by atoms with Crippen LogP contribution in [0.2, 0.25) is 5.02 Å². The summed E-state index contributed by atoms with van der Waals surface area (Å²) < 4.78 is 15.9. The fourth-order valence-corrected chi connectivity index (χ4v) is 2.83. The average Bonchev–Trinajstić information content (AvgIpc) is 2.57. The molecule has 1 atom stereocenters. The van der Waals surface area contributed by atoms with Crippen molar-refractivity contribution in [2.24, 2.45) is 5.92 Å². The van der Waals surface area contributed by atoms with Gasteiger partial charge in [0, 0.05) is 17.0 Å². The number of halogens is 1. The van der Waals surface area contributed by atoms with Crippen LogP contribution in [-0.4, -0.2) is 23.7 Å². The summed E-state index contributed by atoms with van der Waals surface area (Å²) in [5.74, 6) is -0.942. The maximum Gasteiger partial charge on any atom is 0.408 e. The van der Waals surface area contributed by atoms with Crippen molar-refractivity contribution in [3.05, 3.63) is 38.7 Å². The second-order valence-corrected chi connectivity index (χ2v) is 8.61. The monoisotopic (exact) mass is 423 g/mol. The van der Waals surface area contributed by atoms with Gasteiger partial charge in [0.25, 0.3) is 0 Å². The first kappa shape index (κ1) is 22.7. The van der Waals surface area contributed by atoms with E-state index in [2.05, 4.69) is 5.32 Å². The van der Waals surface area contributed by atoms with Gasteiger partial charge in [-0.15, -0.1) is 0 Å². The van der Waals surface area contributed by atoms with Crippen LogP contribution < -0.4 is 15.7 Å². The molecule has 0 aliphatic heterocycles. The predicted octanol–water partition coefficient (Wildman–Crippen LogP) is 4.52. The Morgan fingerprint density at radius 3 is 2.31 bits per heavy atom. The van der Waals surface area contributed by atoms with Gasteiger partial charge in [-0.3, -0.25) is 0 Å². The maximum absolute atomic E-state index is 12.7. The molecule has 7 nitrogen and oxygen atoms in total. The highest BCUT2D eigenvalue weighted by Gasteiger charge is 2.29. The van der Waals surface area contributed by atoms with Gasteiger partial charge in [0.2, 0.25) is 0 Å². The number of aryl methyl sites for hydroxylation is 1. The Balaban J connectivity index is 2.30.